The van der Waals surface area contributed by atoms with Crippen LogP contribution < -0.4 is 9.64 Å². The van der Waals surface area contributed by atoms with Gasteiger partial charge in [0.25, 0.3) is 0 Å². The first kappa shape index (κ1) is 35.1. The molecule has 3 aliphatic rings. The fraction of sp³-hybridized carbons (Fsp3) is 0.514. The molecule has 1 aromatic heterocycles. The highest BCUT2D eigenvalue weighted by Crippen LogP contribution is 2.46. The van der Waals surface area contributed by atoms with Crippen molar-refractivity contribution in [3.8, 4) is 5.75 Å². The summed E-state index contributed by atoms with van der Waals surface area (Å²) < 4.78 is 37.8. The molecule has 1 fully saturated rings. The van der Waals surface area contributed by atoms with Crippen molar-refractivity contribution in [3.63, 3.8) is 0 Å². The maximum absolute atomic E-state index is 13.4. The average Bonchev–Trinajstić information content (AvgIpc) is 3.25. The molecule has 262 valence electrons. The number of hydrogen-bond donors (Lipinski definition) is 0. The van der Waals surface area contributed by atoms with Gasteiger partial charge in [-0.05, 0) is 104 Å². The van der Waals surface area contributed by atoms with Crippen molar-refractivity contribution < 1.29 is 27.5 Å². The summed E-state index contributed by atoms with van der Waals surface area (Å²) in [5.74, 6) is 0.458. The van der Waals surface area contributed by atoms with Gasteiger partial charge in [0.1, 0.15) is 5.75 Å². The van der Waals surface area contributed by atoms with E-state index >= 15 is 0 Å². The molecule has 0 radical (unpaired) electrons. The van der Waals surface area contributed by atoms with Crippen LogP contribution in [0.4, 0.5) is 5.69 Å². The Bertz CT molecular complexity index is 1810. The summed E-state index contributed by atoms with van der Waals surface area (Å²) in [4.78, 5) is 38.0. The number of anilines is 1. The van der Waals surface area contributed by atoms with Crippen LogP contribution in [0.2, 0.25) is 5.02 Å². The predicted octanol–water partition coefficient (Wildman–Crippen LogP) is 5.76. The summed E-state index contributed by atoms with van der Waals surface area (Å²) in [6.07, 6.45) is 7.94. The number of halogens is 1. The minimum Gasteiger partial charge on any atom is -0.490 e. The zero-order valence-electron chi connectivity index (χ0n) is 28.6. The van der Waals surface area contributed by atoms with E-state index in [1.165, 1.54) is 30.6 Å². The van der Waals surface area contributed by atoms with E-state index in [1.807, 2.05) is 18.2 Å². The van der Waals surface area contributed by atoms with Gasteiger partial charge in [-0.1, -0.05) is 24.6 Å². The van der Waals surface area contributed by atoms with Gasteiger partial charge in [-0.15, -0.1) is 0 Å². The average molecular weight is 709 g/mol. The Hall–Kier alpha value is -3.70. The lowest BCUT2D eigenvalue weighted by atomic mass is 9.69. The molecule has 1 amide bonds. The van der Waals surface area contributed by atoms with Gasteiger partial charge in [0.2, 0.25) is 20.9 Å². The molecule has 0 N–H and O–H groups in total. The van der Waals surface area contributed by atoms with Crippen LogP contribution in [0.25, 0.3) is 0 Å². The molecule has 0 unspecified atom stereocenters. The van der Waals surface area contributed by atoms with Crippen LogP contribution in [0.15, 0.2) is 60.0 Å². The molecule has 1 saturated carbocycles. The third-order valence-electron chi connectivity index (χ3n) is 11.0. The van der Waals surface area contributed by atoms with E-state index in [1.54, 1.807) is 37.9 Å². The summed E-state index contributed by atoms with van der Waals surface area (Å²) in [6, 6.07) is 13.3. The number of benzene rings is 2. The van der Waals surface area contributed by atoms with E-state index in [-0.39, 0.29) is 28.8 Å². The third-order valence-corrected chi connectivity index (χ3v) is 13.4. The molecule has 10 nitrogen and oxygen atoms in total. The highest BCUT2D eigenvalue weighted by molar-refractivity contribution is 7.91. The Labute approximate surface area is 294 Å². The van der Waals surface area contributed by atoms with Crippen LogP contribution in [0.1, 0.15) is 67.4 Å². The third kappa shape index (κ3) is 7.15. The van der Waals surface area contributed by atoms with Crippen molar-refractivity contribution in [2.24, 2.45) is 17.8 Å². The predicted molar refractivity (Wildman–Crippen MR) is 188 cm³/mol. The van der Waals surface area contributed by atoms with E-state index in [0.29, 0.717) is 24.6 Å². The number of aryl methyl sites for hydroxylation is 1. The molecule has 2 aliphatic carbocycles. The highest BCUT2D eigenvalue weighted by atomic mass is 35.5. The Kier molecular flexibility index (Phi) is 10.2. The maximum atomic E-state index is 13.4. The van der Waals surface area contributed by atoms with E-state index in [4.69, 9.17) is 21.1 Å². The van der Waals surface area contributed by atoms with Crippen LogP contribution in [-0.2, 0) is 31.2 Å². The van der Waals surface area contributed by atoms with Crippen molar-refractivity contribution in [2.45, 2.75) is 68.2 Å². The number of esters is 1. The molecule has 49 heavy (non-hydrogen) atoms. The van der Waals surface area contributed by atoms with Crippen molar-refractivity contribution >= 4 is 39.0 Å². The number of rotatable bonds is 10. The summed E-state index contributed by atoms with van der Waals surface area (Å²) in [5, 5.41) is -0.286. The Balaban J connectivity index is 1.18. The Morgan fingerprint density at radius 1 is 1.12 bits per heavy atom. The first-order chi connectivity index (χ1) is 23.4. The molecule has 3 aromatic rings. The fourth-order valence-electron chi connectivity index (χ4n) is 7.72. The lowest BCUT2D eigenvalue weighted by Crippen LogP contribution is -2.49. The van der Waals surface area contributed by atoms with Gasteiger partial charge in [0.05, 0.1) is 30.2 Å². The largest absolute Gasteiger partial charge is 0.490 e. The van der Waals surface area contributed by atoms with Gasteiger partial charge in [0.15, 0.2) is 0 Å². The Morgan fingerprint density at radius 3 is 2.59 bits per heavy atom. The normalized spacial score (nSPS) is 22.8. The number of fused-ring (bicyclic) bond motifs is 3. The number of methoxy groups -OCH3 is 1. The van der Waals surface area contributed by atoms with Gasteiger partial charge < -0.3 is 19.3 Å². The number of hydrogen-bond acceptors (Lipinski definition) is 9. The molecule has 1 aliphatic heterocycles. The summed E-state index contributed by atoms with van der Waals surface area (Å²) in [7, 11) is -0.575. The topological polar surface area (TPSA) is 119 Å². The van der Waals surface area contributed by atoms with Crippen molar-refractivity contribution in [1.82, 2.24) is 14.9 Å². The molecule has 12 heteroatoms. The van der Waals surface area contributed by atoms with Crippen LogP contribution in [0.5, 0.6) is 5.75 Å². The maximum Gasteiger partial charge on any atom is 0.337 e. The Morgan fingerprint density at radius 2 is 1.88 bits per heavy atom. The lowest BCUT2D eigenvalue weighted by molar-refractivity contribution is -0.132. The monoisotopic (exact) mass is 708 g/mol. The number of carbonyl (C=O) groups excluding carboxylic acids is 2. The number of nitrogens with zero attached hydrogens (tertiary/aromatic N) is 4. The first-order valence-corrected chi connectivity index (χ1v) is 19.0. The molecule has 5 atom stereocenters. The van der Waals surface area contributed by atoms with E-state index in [0.717, 1.165) is 61.7 Å². The lowest BCUT2D eigenvalue weighted by Gasteiger charge is -2.45. The van der Waals surface area contributed by atoms with Crippen LogP contribution in [-0.4, -0.2) is 80.8 Å². The summed E-state index contributed by atoms with van der Waals surface area (Å²) >= 11 is 6.42. The van der Waals surface area contributed by atoms with Gasteiger partial charge in [-0.2, -0.15) is 0 Å². The van der Waals surface area contributed by atoms with Gasteiger partial charge in [-0.25, -0.2) is 23.2 Å². The minimum absolute atomic E-state index is 0.0816. The number of amides is 1. The zero-order chi connectivity index (χ0) is 34.9. The fourth-order valence-corrected chi connectivity index (χ4v) is 9.37. The smallest absolute Gasteiger partial charge is 0.337 e. The molecule has 0 bridgehead atoms. The first-order valence-electron chi connectivity index (χ1n) is 17.1. The van der Waals surface area contributed by atoms with Crippen LogP contribution in [0.3, 0.4) is 0 Å². The second kappa shape index (κ2) is 14.3. The molecular weight excluding hydrogens is 664 g/mol. The number of aromatic nitrogens is 2. The number of carbonyl (C=O) groups is 2. The van der Waals surface area contributed by atoms with Crippen molar-refractivity contribution in [3.05, 3.63) is 76.6 Å². The van der Waals surface area contributed by atoms with E-state index in [9.17, 15) is 18.0 Å². The standard InChI is InChI=1S/C37H45ClN4O6S/c1-24(25(2)49(45,46)36-39-15-6-16-40-36)17-34(43)41(3)20-28-8-9-29(28)21-42-22-37(14-5-7-26-18-30(38)11-12-31(26)37)23-48-33-13-10-27(19-32(33)42)35(44)47-4/h6,10-13,15-16,18-19,24-25,28-29H,5,7-9,14,17,20-23H2,1-4H3/t24-,25+,28-,29-,37-/m0/s1. The summed E-state index contributed by atoms with van der Waals surface area (Å²) in [6.45, 7) is 6.00. The quantitative estimate of drug-likeness (QED) is 0.191. The van der Waals surface area contributed by atoms with Crippen LogP contribution >= 0.6 is 11.6 Å². The van der Waals surface area contributed by atoms with Gasteiger partial charge in [0, 0.05) is 55.9 Å². The molecule has 2 aromatic carbocycles. The molecule has 1 spiro atoms. The molecule has 0 saturated heterocycles. The number of ether oxygens (including phenoxy) is 2. The van der Waals surface area contributed by atoms with Crippen molar-refractivity contribution in [1.29, 1.82) is 0 Å². The highest BCUT2D eigenvalue weighted by Gasteiger charge is 2.44. The SMILES string of the molecule is COC(=O)c1ccc2c(c1)N(C[C@@H]1CC[C@H]1CN(C)C(=O)C[C@H](C)[C@@H](C)S(=O)(=O)c1ncccn1)C[C@@]1(CCCc3cc(Cl)ccc31)CO2. The van der Waals surface area contributed by atoms with E-state index < -0.39 is 27.0 Å². The van der Waals surface area contributed by atoms with Gasteiger partial charge >= 0.3 is 5.97 Å². The minimum atomic E-state index is -3.77. The van der Waals surface area contributed by atoms with Crippen molar-refractivity contribution in [2.75, 3.05) is 45.3 Å². The molecule has 6 rings (SSSR count). The zero-order valence-corrected chi connectivity index (χ0v) is 30.2. The van der Waals surface area contributed by atoms with Crippen LogP contribution in [0, 0.1) is 17.8 Å². The summed E-state index contributed by atoms with van der Waals surface area (Å²) in [5.41, 5.74) is 3.64. The van der Waals surface area contributed by atoms with E-state index in [2.05, 4.69) is 27.0 Å². The molecular formula is C37H45ClN4O6S. The molecule has 2 heterocycles. The number of sulfone groups is 1. The van der Waals surface area contributed by atoms with Gasteiger partial charge in [-0.3, -0.25) is 4.79 Å². The second-order valence-corrected chi connectivity index (χ2v) is 16.7. The second-order valence-electron chi connectivity index (χ2n) is 14.1.